The summed E-state index contributed by atoms with van der Waals surface area (Å²) >= 11 is 0. The van der Waals surface area contributed by atoms with E-state index in [0.29, 0.717) is 36.8 Å². The van der Waals surface area contributed by atoms with Crippen LogP contribution in [0.4, 0.5) is 29.5 Å². The van der Waals surface area contributed by atoms with Crippen molar-refractivity contribution >= 4 is 27.4 Å². The number of benzene rings is 2. The lowest BCUT2D eigenvalue weighted by Gasteiger charge is -2.35. The summed E-state index contributed by atoms with van der Waals surface area (Å²) in [4.78, 5) is 22.8. The van der Waals surface area contributed by atoms with Crippen LogP contribution in [-0.2, 0) is 25.5 Å². The molecule has 1 atom stereocenters. The molecule has 222 valence electrons. The van der Waals surface area contributed by atoms with E-state index in [4.69, 9.17) is 9.72 Å². The zero-order chi connectivity index (χ0) is 29.7. The predicted octanol–water partition coefficient (Wildman–Crippen LogP) is 5.13. The van der Waals surface area contributed by atoms with E-state index < -0.39 is 31.2 Å². The number of alkyl halides is 3. The highest BCUT2D eigenvalue weighted by molar-refractivity contribution is 7.92. The lowest BCUT2D eigenvalue weighted by molar-refractivity contribution is -0.139. The number of hydrogen-bond acceptors (Lipinski definition) is 7. The molecule has 0 radical (unpaired) electrons. The SMILES string of the molecule is C[C@H]1COCCN1c1cc(C2(S(=O)(=O)c3ccccc3C(F)(F)F)CC2)nc(-c2ccc(NC(=O)NC3CC3)cc2)n1. The number of halogens is 3. The number of urea groups is 1. The highest BCUT2D eigenvalue weighted by Crippen LogP contribution is 2.56. The van der Waals surface area contributed by atoms with Crippen molar-refractivity contribution in [2.75, 3.05) is 30.0 Å². The van der Waals surface area contributed by atoms with Crippen LogP contribution in [0.2, 0.25) is 0 Å². The molecule has 1 aromatic heterocycles. The maximum Gasteiger partial charge on any atom is 0.417 e. The third-order valence-electron chi connectivity index (χ3n) is 7.86. The van der Waals surface area contributed by atoms with Crippen molar-refractivity contribution in [2.45, 2.75) is 60.5 Å². The van der Waals surface area contributed by atoms with Gasteiger partial charge in [0.2, 0.25) is 0 Å². The summed E-state index contributed by atoms with van der Waals surface area (Å²) in [6.07, 6.45) is -2.65. The minimum absolute atomic E-state index is 0.0661. The Morgan fingerprint density at radius 1 is 1.07 bits per heavy atom. The summed E-state index contributed by atoms with van der Waals surface area (Å²) in [5, 5.41) is 5.63. The Morgan fingerprint density at radius 3 is 2.43 bits per heavy atom. The summed E-state index contributed by atoms with van der Waals surface area (Å²) in [5.74, 6) is 0.711. The number of anilines is 2. The van der Waals surface area contributed by atoms with E-state index in [0.717, 1.165) is 25.0 Å². The van der Waals surface area contributed by atoms with Crippen LogP contribution < -0.4 is 15.5 Å². The van der Waals surface area contributed by atoms with E-state index in [-0.39, 0.29) is 42.5 Å². The molecule has 9 nitrogen and oxygen atoms in total. The molecule has 0 bridgehead atoms. The van der Waals surface area contributed by atoms with Crippen LogP contribution in [0.5, 0.6) is 0 Å². The lowest BCUT2D eigenvalue weighted by atomic mass is 10.1. The van der Waals surface area contributed by atoms with E-state index >= 15 is 0 Å². The van der Waals surface area contributed by atoms with Crippen LogP contribution in [-0.4, -0.2) is 56.3 Å². The standard InChI is InChI=1S/C29H30F3N5O4S/c1-18-17-41-15-14-37(18)25-16-24(28(12-13-28)42(39,40)23-5-3-2-4-22(23)29(30,31)32)35-26(36-25)19-6-8-20(9-7-19)33-27(38)34-21-10-11-21/h2-9,16,18,21H,10-15,17H2,1H3,(H2,33,34,38)/t18-/m0/s1. The Kier molecular flexibility index (Phi) is 7.12. The fourth-order valence-corrected chi connectivity index (χ4v) is 7.39. The quantitative estimate of drug-likeness (QED) is 0.386. The molecule has 13 heteroatoms. The number of aromatic nitrogens is 2. The molecule has 3 fully saturated rings. The number of nitrogens with one attached hydrogen (secondary N) is 2. The van der Waals surface area contributed by atoms with Gasteiger partial charge >= 0.3 is 12.2 Å². The fourth-order valence-electron chi connectivity index (χ4n) is 5.22. The summed E-state index contributed by atoms with van der Waals surface area (Å²) < 4.78 is 73.5. The highest BCUT2D eigenvalue weighted by Gasteiger charge is 2.59. The lowest BCUT2D eigenvalue weighted by Crippen LogP contribution is -2.44. The number of carbonyl (C=O) groups excluding carboxylic acids is 1. The fraction of sp³-hybridized carbons (Fsp3) is 0.414. The molecule has 42 heavy (non-hydrogen) atoms. The van der Waals surface area contributed by atoms with Gasteiger partial charge in [-0.05, 0) is 69.0 Å². The van der Waals surface area contributed by atoms with Crippen LogP contribution in [0, 0.1) is 0 Å². The van der Waals surface area contributed by atoms with Gasteiger partial charge in [-0.2, -0.15) is 13.2 Å². The first-order valence-corrected chi connectivity index (χ1v) is 15.3. The molecule has 1 aliphatic heterocycles. The third kappa shape index (κ3) is 5.42. The van der Waals surface area contributed by atoms with Crippen molar-refractivity contribution in [2.24, 2.45) is 0 Å². The number of sulfone groups is 1. The number of amides is 2. The van der Waals surface area contributed by atoms with Crippen LogP contribution in [0.25, 0.3) is 11.4 Å². The molecule has 3 aromatic rings. The first-order chi connectivity index (χ1) is 20.0. The molecule has 2 aromatic carbocycles. The van der Waals surface area contributed by atoms with Crippen molar-refractivity contribution in [3.05, 3.63) is 65.9 Å². The van der Waals surface area contributed by atoms with Crippen molar-refractivity contribution in [3.63, 3.8) is 0 Å². The highest BCUT2D eigenvalue weighted by atomic mass is 32.2. The molecule has 6 rings (SSSR count). The minimum atomic E-state index is -4.84. The Hall–Kier alpha value is -3.71. The Labute approximate surface area is 241 Å². The second kappa shape index (κ2) is 10.5. The Morgan fingerprint density at radius 2 is 1.79 bits per heavy atom. The first kappa shape index (κ1) is 28.4. The van der Waals surface area contributed by atoms with Gasteiger partial charge in [0, 0.05) is 29.9 Å². The van der Waals surface area contributed by atoms with E-state index in [1.807, 2.05) is 11.8 Å². The van der Waals surface area contributed by atoms with Crippen LogP contribution >= 0.6 is 0 Å². The van der Waals surface area contributed by atoms with Gasteiger partial charge in [0.05, 0.1) is 35.4 Å². The van der Waals surface area contributed by atoms with Gasteiger partial charge in [-0.3, -0.25) is 0 Å². The van der Waals surface area contributed by atoms with Crippen molar-refractivity contribution in [3.8, 4) is 11.4 Å². The molecule has 2 amide bonds. The summed E-state index contributed by atoms with van der Waals surface area (Å²) in [7, 11) is -4.49. The number of carbonyl (C=O) groups is 1. The first-order valence-electron chi connectivity index (χ1n) is 13.8. The van der Waals surface area contributed by atoms with Crippen LogP contribution in [0.15, 0.2) is 59.5 Å². The Bertz CT molecular complexity index is 1610. The molecule has 1 saturated heterocycles. The second-order valence-electron chi connectivity index (χ2n) is 11.0. The predicted molar refractivity (Wildman–Crippen MR) is 150 cm³/mol. The van der Waals surface area contributed by atoms with E-state index in [1.54, 1.807) is 30.3 Å². The number of rotatable bonds is 7. The minimum Gasteiger partial charge on any atom is -0.377 e. The molecule has 2 heterocycles. The van der Waals surface area contributed by atoms with Gasteiger partial charge in [0.15, 0.2) is 15.7 Å². The molecular weight excluding hydrogens is 571 g/mol. The van der Waals surface area contributed by atoms with E-state index in [1.165, 1.54) is 12.1 Å². The van der Waals surface area contributed by atoms with Crippen molar-refractivity contribution in [1.29, 1.82) is 0 Å². The molecule has 2 saturated carbocycles. The summed E-state index contributed by atoms with van der Waals surface area (Å²) in [5.41, 5.74) is 0.0849. The van der Waals surface area contributed by atoms with Gasteiger partial charge in [-0.15, -0.1) is 0 Å². The van der Waals surface area contributed by atoms with Gasteiger partial charge in [0.1, 0.15) is 10.6 Å². The maximum absolute atomic E-state index is 14.0. The van der Waals surface area contributed by atoms with Crippen molar-refractivity contribution < 1.29 is 31.1 Å². The zero-order valence-electron chi connectivity index (χ0n) is 22.8. The Balaban J connectivity index is 1.40. The van der Waals surface area contributed by atoms with Gasteiger partial charge < -0.3 is 20.3 Å². The van der Waals surface area contributed by atoms with Gasteiger partial charge in [-0.1, -0.05) is 12.1 Å². The number of ether oxygens (including phenoxy) is 1. The normalized spacial score (nSPS) is 20.2. The summed E-state index contributed by atoms with van der Waals surface area (Å²) in [6, 6.07) is 12.5. The molecular formula is C29H30F3N5O4S. The van der Waals surface area contributed by atoms with E-state index in [9.17, 15) is 26.4 Å². The molecule has 0 spiro atoms. The zero-order valence-corrected chi connectivity index (χ0v) is 23.6. The molecule has 2 aliphatic carbocycles. The molecule has 3 aliphatic rings. The monoisotopic (exact) mass is 601 g/mol. The van der Waals surface area contributed by atoms with Gasteiger partial charge in [-0.25, -0.2) is 23.2 Å². The van der Waals surface area contributed by atoms with Crippen LogP contribution in [0.3, 0.4) is 0 Å². The summed E-state index contributed by atoms with van der Waals surface area (Å²) in [6.45, 7) is 3.36. The van der Waals surface area contributed by atoms with Crippen molar-refractivity contribution in [1.82, 2.24) is 15.3 Å². The maximum atomic E-state index is 14.0. The number of hydrogen-bond donors (Lipinski definition) is 2. The average Bonchev–Trinajstić information content (AvgIpc) is 3.89. The second-order valence-corrected chi connectivity index (χ2v) is 13.2. The largest absolute Gasteiger partial charge is 0.417 e. The van der Waals surface area contributed by atoms with Gasteiger partial charge in [0.25, 0.3) is 0 Å². The number of morpholine rings is 1. The molecule has 2 N–H and O–H groups in total. The molecule has 0 unspecified atom stereocenters. The topological polar surface area (TPSA) is 114 Å². The average molecular weight is 602 g/mol. The third-order valence-corrected chi connectivity index (χ3v) is 10.4. The smallest absolute Gasteiger partial charge is 0.377 e. The number of nitrogens with zero attached hydrogens (tertiary/aromatic N) is 3. The van der Waals surface area contributed by atoms with Crippen LogP contribution in [0.1, 0.15) is 43.9 Å². The van der Waals surface area contributed by atoms with E-state index in [2.05, 4.69) is 15.6 Å².